The topological polar surface area (TPSA) is 75.7 Å². The maximum Gasteiger partial charge on any atom is 0.407 e. The molecule has 0 aromatic carbocycles. The minimum Gasteiger partial charge on any atom is -0.448 e. The third-order valence-corrected chi connectivity index (χ3v) is 5.06. The van der Waals surface area contributed by atoms with E-state index in [0.29, 0.717) is 6.54 Å². The van der Waals surface area contributed by atoms with Gasteiger partial charge >= 0.3 is 6.09 Å². The normalized spacial score (nSPS) is 18.7. The van der Waals surface area contributed by atoms with Gasteiger partial charge in [0.15, 0.2) is 0 Å². The number of alkyl carbamates (subject to hydrolysis) is 1. The first kappa shape index (κ1) is 20.9. The molecule has 0 saturated carbocycles. The van der Waals surface area contributed by atoms with E-state index in [9.17, 15) is 14.4 Å². The Balaban J connectivity index is 2.21. The monoisotopic (exact) mass is 358 g/mol. The number of ether oxygens (including phenoxy) is 1. The Labute approximate surface area is 146 Å². The van der Waals surface area contributed by atoms with Gasteiger partial charge in [0.1, 0.15) is 6.61 Å². The van der Waals surface area contributed by atoms with Crippen molar-refractivity contribution in [2.45, 2.75) is 46.5 Å². The third-order valence-electron chi connectivity index (χ3n) is 4.21. The van der Waals surface area contributed by atoms with Crippen molar-refractivity contribution in [2.24, 2.45) is 11.3 Å². The lowest BCUT2D eigenvalue weighted by atomic mass is 9.80. The first-order valence-corrected chi connectivity index (χ1v) is 10.4. The van der Waals surface area contributed by atoms with Gasteiger partial charge in [-0.25, -0.2) is 4.79 Å². The van der Waals surface area contributed by atoms with Crippen molar-refractivity contribution in [1.82, 2.24) is 10.2 Å². The van der Waals surface area contributed by atoms with Crippen molar-refractivity contribution in [2.75, 3.05) is 32.5 Å². The summed E-state index contributed by atoms with van der Waals surface area (Å²) in [6.45, 7) is 8.83. The predicted octanol–water partition coefficient (Wildman–Crippen LogP) is 2.61. The molecule has 1 fully saturated rings. The summed E-state index contributed by atoms with van der Waals surface area (Å²) in [5.74, 6) is -0.628. The molecule has 24 heavy (non-hydrogen) atoms. The molecule has 0 aliphatic carbocycles. The third kappa shape index (κ3) is 6.76. The number of likely N-dealkylation sites (tertiary alicyclic amines) is 1. The van der Waals surface area contributed by atoms with Crippen LogP contribution in [0, 0.1) is 11.3 Å². The van der Waals surface area contributed by atoms with Crippen molar-refractivity contribution in [3.05, 3.63) is 0 Å². The van der Waals surface area contributed by atoms with E-state index in [1.54, 1.807) is 0 Å². The van der Waals surface area contributed by atoms with Gasteiger partial charge in [-0.3, -0.25) is 14.5 Å². The van der Waals surface area contributed by atoms with E-state index in [4.69, 9.17) is 4.74 Å². The summed E-state index contributed by atoms with van der Waals surface area (Å²) in [7, 11) is 0.986. The van der Waals surface area contributed by atoms with Gasteiger partial charge in [0, 0.05) is 13.0 Å². The van der Waals surface area contributed by atoms with Crippen LogP contribution >= 0.6 is 8.58 Å². The summed E-state index contributed by atoms with van der Waals surface area (Å²) >= 11 is 0. The van der Waals surface area contributed by atoms with Gasteiger partial charge in [0.25, 0.3) is 0 Å². The highest BCUT2D eigenvalue weighted by Gasteiger charge is 2.44. The lowest BCUT2D eigenvalue weighted by Gasteiger charge is -2.24. The average molecular weight is 358 g/mol. The average Bonchev–Trinajstić information content (AvgIpc) is 2.78. The summed E-state index contributed by atoms with van der Waals surface area (Å²) in [6.07, 6.45) is 4.24. The van der Waals surface area contributed by atoms with E-state index in [1.807, 2.05) is 20.8 Å². The van der Waals surface area contributed by atoms with E-state index in [2.05, 4.69) is 12.0 Å². The molecule has 0 aromatic rings. The van der Waals surface area contributed by atoms with Gasteiger partial charge in [-0.2, -0.15) is 0 Å². The van der Waals surface area contributed by atoms with E-state index >= 15 is 0 Å². The number of carbonyl (C=O) groups is 3. The van der Waals surface area contributed by atoms with Crippen molar-refractivity contribution in [3.63, 3.8) is 0 Å². The Bertz CT molecular complexity index is 448. The molecule has 1 saturated heterocycles. The van der Waals surface area contributed by atoms with E-state index < -0.39 is 6.09 Å². The fraction of sp³-hybridized carbons (Fsp3) is 0.824. The molecule has 0 radical (unpaired) electrons. The van der Waals surface area contributed by atoms with Crippen molar-refractivity contribution >= 4 is 26.5 Å². The Morgan fingerprint density at radius 1 is 1.29 bits per heavy atom. The largest absolute Gasteiger partial charge is 0.448 e. The first-order chi connectivity index (χ1) is 11.3. The standard InChI is InChI=1S/C17H31N2O4P/c1-17(2,3)13-12-14(20)19(15(13)21)9-10-23-16(22)18-8-6-5-7-11-24-4/h13,24H,5-12H2,1-4H3,(H,18,22). The smallest absolute Gasteiger partial charge is 0.407 e. The molecule has 1 N–H and O–H groups in total. The molecule has 0 spiro atoms. The fourth-order valence-corrected chi connectivity index (χ4v) is 3.27. The van der Waals surface area contributed by atoms with Gasteiger partial charge in [0.05, 0.1) is 12.5 Å². The van der Waals surface area contributed by atoms with Crippen LogP contribution in [0.1, 0.15) is 46.5 Å². The summed E-state index contributed by atoms with van der Waals surface area (Å²) in [6, 6.07) is 0. The maximum atomic E-state index is 12.3. The van der Waals surface area contributed by atoms with Crippen LogP contribution in [0.15, 0.2) is 0 Å². The quantitative estimate of drug-likeness (QED) is 0.390. The molecule has 1 heterocycles. The van der Waals surface area contributed by atoms with Gasteiger partial charge in [-0.05, 0) is 31.1 Å². The Morgan fingerprint density at radius 2 is 2.00 bits per heavy atom. The number of hydrogen-bond acceptors (Lipinski definition) is 4. The van der Waals surface area contributed by atoms with Crippen molar-refractivity contribution in [3.8, 4) is 0 Å². The molecule has 0 aromatic heterocycles. The second-order valence-corrected chi connectivity index (χ2v) is 8.44. The molecule has 3 amide bonds. The van der Waals surface area contributed by atoms with Crippen molar-refractivity contribution in [1.29, 1.82) is 0 Å². The summed E-state index contributed by atoms with van der Waals surface area (Å²) < 4.78 is 5.05. The molecule has 138 valence electrons. The van der Waals surface area contributed by atoms with Gasteiger partial charge in [0.2, 0.25) is 11.8 Å². The highest BCUT2D eigenvalue weighted by atomic mass is 31.1. The minimum absolute atomic E-state index is 0.0388. The number of imide groups is 1. The number of amides is 3. The van der Waals surface area contributed by atoms with Crippen LogP contribution in [-0.2, 0) is 14.3 Å². The second-order valence-electron chi connectivity index (χ2n) is 7.23. The van der Waals surface area contributed by atoms with Crippen LogP contribution in [0.5, 0.6) is 0 Å². The highest BCUT2D eigenvalue weighted by molar-refractivity contribution is 7.36. The van der Waals surface area contributed by atoms with Crippen LogP contribution in [0.3, 0.4) is 0 Å². The molecule has 6 nitrogen and oxygen atoms in total. The van der Waals surface area contributed by atoms with Crippen LogP contribution in [0.2, 0.25) is 0 Å². The van der Waals surface area contributed by atoms with Gasteiger partial charge < -0.3 is 10.1 Å². The fourth-order valence-electron chi connectivity index (χ4n) is 2.67. The molecule has 2 atom stereocenters. The number of carbonyl (C=O) groups excluding carboxylic acids is 3. The number of nitrogens with one attached hydrogen (secondary N) is 1. The van der Waals surface area contributed by atoms with E-state index in [1.165, 1.54) is 17.5 Å². The van der Waals surface area contributed by atoms with Crippen LogP contribution in [-0.4, -0.2) is 55.3 Å². The molecule has 1 rings (SSSR count). The summed E-state index contributed by atoms with van der Waals surface area (Å²) in [5.41, 5.74) is -0.238. The van der Waals surface area contributed by atoms with Crippen molar-refractivity contribution < 1.29 is 19.1 Å². The number of nitrogens with zero attached hydrogens (tertiary/aromatic N) is 1. The Morgan fingerprint density at radius 3 is 2.58 bits per heavy atom. The number of rotatable bonds is 9. The van der Waals surface area contributed by atoms with E-state index in [0.717, 1.165) is 21.4 Å². The molecule has 7 heteroatoms. The molecular formula is C17H31N2O4P. The zero-order valence-electron chi connectivity index (χ0n) is 15.3. The highest BCUT2D eigenvalue weighted by Crippen LogP contribution is 2.35. The number of hydrogen-bond donors (Lipinski definition) is 1. The Hall–Kier alpha value is -1.16. The minimum atomic E-state index is -0.487. The predicted molar refractivity (Wildman–Crippen MR) is 96.6 cm³/mol. The van der Waals surface area contributed by atoms with Gasteiger partial charge in [-0.15, -0.1) is 8.58 Å². The van der Waals surface area contributed by atoms with Crippen LogP contribution in [0.25, 0.3) is 0 Å². The molecule has 1 aliphatic heterocycles. The summed E-state index contributed by atoms with van der Waals surface area (Å²) in [4.78, 5) is 37.0. The summed E-state index contributed by atoms with van der Waals surface area (Å²) in [5, 5.41) is 2.69. The lowest BCUT2D eigenvalue weighted by molar-refractivity contribution is -0.140. The second kappa shape index (κ2) is 9.97. The number of unbranched alkanes of at least 4 members (excludes halogenated alkanes) is 2. The van der Waals surface area contributed by atoms with Crippen LogP contribution < -0.4 is 5.32 Å². The maximum absolute atomic E-state index is 12.3. The lowest BCUT2D eigenvalue weighted by Crippen LogP contribution is -2.37. The molecule has 0 bridgehead atoms. The molecular weight excluding hydrogens is 327 g/mol. The molecule has 2 unspecified atom stereocenters. The zero-order chi connectivity index (χ0) is 18.2. The van der Waals surface area contributed by atoms with Gasteiger partial charge in [-0.1, -0.05) is 27.2 Å². The SMILES string of the molecule is CPCCCCCNC(=O)OCCN1C(=O)CC(C(C)(C)C)C1=O. The Kier molecular flexibility index (Phi) is 8.68. The zero-order valence-corrected chi connectivity index (χ0v) is 16.3. The van der Waals surface area contributed by atoms with E-state index in [-0.39, 0.29) is 42.7 Å². The first-order valence-electron chi connectivity index (χ1n) is 8.66. The molecule has 1 aliphatic rings. The van der Waals surface area contributed by atoms with Crippen LogP contribution in [0.4, 0.5) is 4.79 Å².